The standard InChI is InChI=1S/C22H27N3O3/c1-3-7-22(26)23-13-12-21-24-19-10-4-5-11-20(19)25(21)14-15-28-18-9-6-8-17(16-18)27-2/h4-6,8-11,16H,3,7,12-15H2,1-2H3,(H,23,26). The number of carbonyl (C=O) groups excluding carboxylic acids is 1. The monoisotopic (exact) mass is 381 g/mol. The van der Waals surface area contributed by atoms with Crippen molar-refractivity contribution >= 4 is 16.9 Å². The highest BCUT2D eigenvalue weighted by atomic mass is 16.5. The van der Waals surface area contributed by atoms with Gasteiger partial charge in [0.25, 0.3) is 0 Å². The summed E-state index contributed by atoms with van der Waals surface area (Å²) >= 11 is 0. The summed E-state index contributed by atoms with van der Waals surface area (Å²) in [6.07, 6.45) is 2.10. The molecule has 6 nitrogen and oxygen atoms in total. The fraction of sp³-hybridized carbons (Fsp3) is 0.364. The van der Waals surface area contributed by atoms with Crippen LogP contribution in [0, 0.1) is 0 Å². The van der Waals surface area contributed by atoms with Gasteiger partial charge in [0.05, 0.1) is 24.7 Å². The first-order valence-electron chi connectivity index (χ1n) is 9.69. The van der Waals surface area contributed by atoms with Crippen LogP contribution in [0.5, 0.6) is 11.5 Å². The lowest BCUT2D eigenvalue weighted by atomic mass is 10.3. The van der Waals surface area contributed by atoms with Gasteiger partial charge in [-0.3, -0.25) is 4.79 Å². The van der Waals surface area contributed by atoms with Gasteiger partial charge in [0.1, 0.15) is 23.9 Å². The molecule has 2 aromatic carbocycles. The first-order valence-corrected chi connectivity index (χ1v) is 9.69. The van der Waals surface area contributed by atoms with Gasteiger partial charge in [-0.2, -0.15) is 0 Å². The molecule has 0 bridgehead atoms. The normalized spacial score (nSPS) is 10.8. The largest absolute Gasteiger partial charge is 0.497 e. The number of fused-ring (bicyclic) bond motifs is 1. The molecule has 0 fully saturated rings. The van der Waals surface area contributed by atoms with Crippen LogP contribution in [-0.4, -0.2) is 35.7 Å². The van der Waals surface area contributed by atoms with Gasteiger partial charge in [0, 0.05) is 25.5 Å². The molecule has 0 aliphatic rings. The van der Waals surface area contributed by atoms with Crippen LogP contribution in [-0.2, 0) is 17.8 Å². The van der Waals surface area contributed by atoms with Crippen molar-refractivity contribution in [2.45, 2.75) is 32.7 Å². The van der Waals surface area contributed by atoms with Crippen LogP contribution in [0.15, 0.2) is 48.5 Å². The Morgan fingerprint density at radius 2 is 1.96 bits per heavy atom. The van der Waals surface area contributed by atoms with Crippen molar-refractivity contribution in [1.29, 1.82) is 0 Å². The average Bonchev–Trinajstić information content (AvgIpc) is 3.06. The summed E-state index contributed by atoms with van der Waals surface area (Å²) in [5, 5.41) is 2.96. The number of aromatic nitrogens is 2. The van der Waals surface area contributed by atoms with E-state index in [0.29, 0.717) is 32.5 Å². The molecule has 1 N–H and O–H groups in total. The predicted octanol–water partition coefficient (Wildman–Crippen LogP) is 3.58. The Kier molecular flexibility index (Phi) is 6.89. The number of para-hydroxylation sites is 2. The Morgan fingerprint density at radius 3 is 2.79 bits per heavy atom. The van der Waals surface area contributed by atoms with Crippen LogP contribution >= 0.6 is 0 Å². The molecule has 1 aromatic heterocycles. The Labute approximate surface area is 165 Å². The van der Waals surface area contributed by atoms with Gasteiger partial charge in [-0.15, -0.1) is 0 Å². The maximum absolute atomic E-state index is 11.7. The molecule has 0 radical (unpaired) electrons. The van der Waals surface area contributed by atoms with Crippen LogP contribution in [0.1, 0.15) is 25.6 Å². The van der Waals surface area contributed by atoms with E-state index in [0.717, 1.165) is 34.8 Å². The number of hydrogen-bond donors (Lipinski definition) is 1. The summed E-state index contributed by atoms with van der Waals surface area (Å²) in [5.41, 5.74) is 2.03. The van der Waals surface area contributed by atoms with Gasteiger partial charge in [0.2, 0.25) is 5.91 Å². The van der Waals surface area contributed by atoms with Gasteiger partial charge >= 0.3 is 0 Å². The first-order chi connectivity index (χ1) is 13.7. The number of nitrogens with zero attached hydrogens (tertiary/aromatic N) is 2. The van der Waals surface area contributed by atoms with Crippen molar-refractivity contribution in [2.24, 2.45) is 0 Å². The highest BCUT2D eigenvalue weighted by molar-refractivity contribution is 5.76. The molecule has 0 spiro atoms. The molecule has 1 amide bonds. The molecule has 28 heavy (non-hydrogen) atoms. The maximum Gasteiger partial charge on any atom is 0.219 e. The van der Waals surface area contributed by atoms with Crippen molar-refractivity contribution in [3.8, 4) is 11.5 Å². The van der Waals surface area contributed by atoms with E-state index in [1.807, 2.05) is 49.4 Å². The lowest BCUT2D eigenvalue weighted by Crippen LogP contribution is -2.26. The van der Waals surface area contributed by atoms with E-state index in [1.165, 1.54) is 0 Å². The Bertz CT molecular complexity index is 920. The summed E-state index contributed by atoms with van der Waals surface area (Å²) in [6.45, 7) is 3.78. The van der Waals surface area contributed by atoms with Gasteiger partial charge in [-0.05, 0) is 30.7 Å². The van der Waals surface area contributed by atoms with Gasteiger partial charge in [-0.25, -0.2) is 4.98 Å². The predicted molar refractivity (Wildman–Crippen MR) is 110 cm³/mol. The third kappa shape index (κ3) is 5.03. The van der Waals surface area contributed by atoms with E-state index in [9.17, 15) is 4.79 Å². The molecular formula is C22H27N3O3. The molecule has 1 heterocycles. The molecule has 6 heteroatoms. The summed E-state index contributed by atoms with van der Waals surface area (Å²) in [6, 6.07) is 15.7. The number of hydrogen-bond acceptors (Lipinski definition) is 4. The topological polar surface area (TPSA) is 65.4 Å². The fourth-order valence-electron chi connectivity index (χ4n) is 3.14. The zero-order valence-electron chi connectivity index (χ0n) is 16.5. The zero-order chi connectivity index (χ0) is 19.8. The van der Waals surface area contributed by atoms with E-state index >= 15 is 0 Å². The van der Waals surface area contributed by atoms with Crippen LogP contribution in [0.2, 0.25) is 0 Å². The Hall–Kier alpha value is -3.02. The van der Waals surface area contributed by atoms with Crippen LogP contribution in [0.4, 0.5) is 0 Å². The third-order valence-corrected chi connectivity index (χ3v) is 4.51. The minimum Gasteiger partial charge on any atom is -0.497 e. The molecule has 0 saturated heterocycles. The second kappa shape index (κ2) is 9.78. The van der Waals surface area contributed by atoms with E-state index in [2.05, 4.69) is 16.0 Å². The van der Waals surface area contributed by atoms with Crippen molar-refractivity contribution in [3.63, 3.8) is 0 Å². The number of carbonyl (C=O) groups is 1. The molecular weight excluding hydrogens is 354 g/mol. The Morgan fingerprint density at radius 1 is 1.14 bits per heavy atom. The SMILES string of the molecule is CCCC(=O)NCCc1nc2ccccc2n1CCOc1cccc(OC)c1. The highest BCUT2D eigenvalue weighted by Gasteiger charge is 2.11. The lowest BCUT2D eigenvalue weighted by Gasteiger charge is -2.12. The smallest absolute Gasteiger partial charge is 0.219 e. The fourth-order valence-corrected chi connectivity index (χ4v) is 3.14. The minimum atomic E-state index is 0.0894. The Balaban J connectivity index is 1.67. The number of benzene rings is 2. The number of nitrogens with one attached hydrogen (secondary N) is 1. The molecule has 0 aliphatic heterocycles. The molecule has 0 aliphatic carbocycles. The van der Waals surface area contributed by atoms with Crippen molar-refractivity contribution < 1.29 is 14.3 Å². The first kappa shape index (κ1) is 19.7. The second-order valence-corrected chi connectivity index (χ2v) is 6.55. The third-order valence-electron chi connectivity index (χ3n) is 4.51. The van der Waals surface area contributed by atoms with Gasteiger partial charge in [0.15, 0.2) is 0 Å². The molecule has 3 aromatic rings. The van der Waals surface area contributed by atoms with Crippen LogP contribution < -0.4 is 14.8 Å². The summed E-state index contributed by atoms with van der Waals surface area (Å²) in [7, 11) is 1.64. The van der Waals surface area contributed by atoms with Gasteiger partial charge in [-0.1, -0.05) is 25.1 Å². The number of amides is 1. The number of ether oxygens (including phenoxy) is 2. The van der Waals surface area contributed by atoms with Crippen LogP contribution in [0.25, 0.3) is 11.0 Å². The van der Waals surface area contributed by atoms with E-state index in [-0.39, 0.29) is 5.91 Å². The maximum atomic E-state index is 11.7. The zero-order valence-corrected chi connectivity index (χ0v) is 16.5. The van der Waals surface area contributed by atoms with E-state index in [4.69, 9.17) is 14.5 Å². The minimum absolute atomic E-state index is 0.0894. The van der Waals surface area contributed by atoms with E-state index in [1.54, 1.807) is 7.11 Å². The van der Waals surface area contributed by atoms with Crippen molar-refractivity contribution in [2.75, 3.05) is 20.3 Å². The van der Waals surface area contributed by atoms with E-state index < -0.39 is 0 Å². The average molecular weight is 381 g/mol. The van der Waals surface area contributed by atoms with Crippen molar-refractivity contribution in [3.05, 3.63) is 54.4 Å². The van der Waals surface area contributed by atoms with Crippen LogP contribution in [0.3, 0.4) is 0 Å². The highest BCUT2D eigenvalue weighted by Crippen LogP contribution is 2.20. The number of imidazole rings is 1. The summed E-state index contributed by atoms with van der Waals surface area (Å²) < 4.78 is 13.3. The van der Waals surface area contributed by atoms with Gasteiger partial charge < -0.3 is 19.4 Å². The van der Waals surface area contributed by atoms with Crippen molar-refractivity contribution in [1.82, 2.24) is 14.9 Å². The molecule has 0 unspecified atom stereocenters. The molecule has 148 valence electrons. The number of methoxy groups -OCH3 is 1. The number of rotatable bonds is 10. The second-order valence-electron chi connectivity index (χ2n) is 6.55. The lowest BCUT2D eigenvalue weighted by molar-refractivity contribution is -0.121. The molecule has 0 atom stereocenters. The quantitative estimate of drug-likeness (QED) is 0.583. The molecule has 0 saturated carbocycles. The summed E-state index contributed by atoms with van der Waals surface area (Å²) in [4.78, 5) is 16.4. The molecule has 3 rings (SSSR count). The summed E-state index contributed by atoms with van der Waals surface area (Å²) in [5.74, 6) is 2.59.